The van der Waals surface area contributed by atoms with Crippen molar-refractivity contribution in [2.75, 3.05) is 19.8 Å². The lowest BCUT2D eigenvalue weighted by molar-refractivity contribution is -0.135. The summed E-state index contributed by atoms with van der Waals surface area (Å²) in [5, 5.41) is 0. The van der Waals surface area contributed by atoms with Crippen LogP contribution in [-0.2, 0) is 19.0 Å². The highest BCUT2D eigenvalue weighted by Crippen LogP contribution is 2.17. The van der Waals surface area contributed by atoms with Gasteiger partial charge < -0.3 is 14.2 Å². The molecule has 0 aromatic rings. The molecule has 1 saturated heterocycles. The van der Waals surface area contributed by atoms with Gasteiger partial charge in [-0.15, -0.1) is 0 Å². The van der Waals surface area contributed by atoms with Crippen molar-refractivity contribution in [3.8, 4) is 0 Å². The monoisotopic (exact) mass is 212 g/mol. The molecule has 2 rings (SSSR count). The summed E-state index contributed by atoms with van der Waals surface area (Å²) >= 11 is 0. The third kappa shape index (κ3) is 3.23. The van der Waals surface area contributed by atoms with E-state index >= 15 is 0 Å². The van der Waals surface area contributed by atoms with E-state index in [1.54, 1.807) is 0 Å². The van der Waals surface area contributed by atoms with E-state index in [1.807, 2.05) is 0 Å². The zero-order chi connectivity index (χ0) is 10.5. The summed E-state index contributed by atoms with van der Waals surface area (Å²) in [4.78, 5) is 10.7. The largest absolute Gasteiger partial charge is 0.494 e. The first-order valence-corrected chi connectivity index (χ1v) is 5.46. The summed E-state index contributed by atoms with van der Waals surface area (Å²) in [5.74, 6) is 0.344. The number of esters is 1. The molecule has 4 heteroatoms. The molecule has 1 unspecified atom stereocenters. The highest BCUT2D eigenvalue weighted by Gasteiger charge is 2.16. The van der Waals surface area contributed by atoms with Gasteiger partial charge in [0.05, 0.1) is 18.8 Å². The van der Waals surface area contributed by atoms with Gasteiger partial charge in [0.25, 0.3) is 0 Å². The second kappa shape index (κ2) is 5.16. The first-order chi connectivity index (χ1) is 7.34. The summed E-state index contributed by atoms with van der Waals surface area (Å²) in [5.41, 5.74) is 0. The topological polar surface area (TPSA) is 44.8 Å². The molecule has 84 valence electrons. The lowest BCUT2D eigenvalue weighted by atomic mass is 10.1. The average molecular weight is 212 g/mol. The minimum Gasteiger partial charge on any atom is -0.494 e. The molecule has 15 heavy (non-hydrogen) atoms. The highest BCUT2D eigenvalue weighted by molar-refractivity contribution is 5.84. The lowest BCUT2D eigenvalue weighted by Gasteiger charge is -2.09. The maximum Gasteiger partial charge on any atom is 0.334 e. The van der Waals surface area contributed by atoms with Crippen LogP contribution in [0.15, 0.2) is 11.8 Å². The van der Waals surface area contributed by atoms with Gasteiger partial charge >= 0.3 is 5.97 Å². The number of cyclic esters (lactones) is 1. The third-order valence-electron chi connectivity index (χ3n) is 2.62. The van der Waals surface area contributed by atoms with Crippen molar-refractivity contribution in [1.82, 2.24) is 0 Å². The van der Waals surface area contributed by atoms with E-state index in [0.29, 0.717) is 25.1 Å². The number of rotatable bonds is 5. The fourth-order valence-corrected chi connectivity index (χ4v) is 1.83. The van der Waals surface area contributed by atoms with Crippen molar-refractivity contribution in [3.63, 3.8) is 0 Å². The van der Waals surface area contributed by atoms with Crippen LogP contribution in [0.2, 0.25) is 0 Å². The minimum atomic E-state index is -0.302. The minimum absolute atomic E-state index is 0.290. The fraction of sp³-hybridized carbons (Fsp3) is 0.727. The predicted molar refractivity (Wildman–Crippen MR) is 53.2 cm³/mol. The molecule has 2 heterocycles. The zero-order valence-electron chi connectivity index (χ0n) is 8.74. The number of carbonyl (C=O) groups excluding carboxylic acids is 1. The van der Waals surface area contributed by atoms with Crippen molar-refractivity contribution in [3.05, 3.63) is 11.8 Å². The van der Waals surface area contributed by atoms with Gasteiger partial charge in [-0.05, 0) is 25.7 Å². The molecule has 0 aromatic carbocycles. The fourth-order valence-electron chi connectivity index (χ4n) is 1.83. The SMILES string of the molecule is O=C1C=C(OCCCC2CCCO2)CO1. The van der Waals surface area contributed by atoms with Crippen molar-refractivity contribution in [2.24, 2.45) is 0 Å². The number of carbonyl (C=O) groups is 1. The summed E-state index contributed by atoms with van der Waals surface area (Å²) in [6, 6.07) is 0. The van der Waals surface area contributed by atoms with E-state index in [0.717, 1.165) is 19.4 Å². The van der Waals surface area contributed by atoms with Gasteiger partial charge in [-0.3, -0.25) is 0 Å². The first-order valence-electron chi connectivity index (χ1n) is 5.46. The zero-order valence-corrected chi connectivity index (χ0v) is 8.74. The van der Waals surface area contributed by atoms with Crippen LogP contribution >= 0.6 is 0 Å². The average Bonchev–Trinajstić information content (AvgIpc) is 2.84. The van der Waals surface area contributed by atoms with E-state index < -0.39 is 0 Å². The van der Waals surface area contributed by atoms with Crippen LogP contribution in [0.1, 0.15) is 25.7 Å². The molecule has 2 aliphatic rings. The van der Waals surface area contributed by atoms with E-state index in [2.05, 4.69) is 0 Å². The summed E-state index contributed by atoms with van der Waals surface area (Å²) in [6.07, 6.45) is 6.19. The smallest absolute Gasteiger partial charge is 0.334 e. The van der Waals surface area contributed by atoms with E-state index in [9.17, 15) is 4.79 Å². The molecular weight excluding hydrogens is 196 g/mol. The summed E-state index contributed by atoms with van der Waals surface area (Å²) in [7, 11) is 0. The molecule has 0 bridgehead atoms. The maximum absolute atomic E-state index is 10.7. The highest BCUT2D eigenvalue weighted by atomic mass is 16.6. The van der Waals surface area contributed by atoms with Gasteiger partial charge in [0.2, 0.25) is 0 Å². The molecule has 0 radical (unpaired) electrons. The van der Waals surface area contributed by atoms with Crippen molar-refractivity contribution in [1.29, 1.82) is 0 Å². The molecule has 0 aliphatic carbocycles. The Morgan fingerprint density at radius 3 is 3.13 bits per heavy atom. The van der Waals surface area contributed by atoms with Gasteiger partial charge in [-0.25, -0.2) is 4.79 Å². The van der Waals surface area contributed by atoms with E-state index in [4.69, 9.17) is 14.2 Å². The van der Waals surface area contributed by atoms with Gasteiger partial charge in [-0.1, -0.05) is 0 Å². The molecule has 2 aliphatic heterocycles. The second-order valence-corrected chi connectivity index (χ2v) is 3.84. The molecule has 0 amide bonds. The van der Waals surface area contributed by atoms with Crippen molar-refractivity contribution in [2.45, 2.75) is 31.8 Å². The molecule has 1 fully saturated rings. The Balaban J connectivity index is 1.55. The Hall–Kier alpha value is -1.03. The Morgan fingerprint density at radius 2 is 2.47 bits per heavy atom. The van der Waals surface area contributed by atoms with Crippen LogP contribution in [0.4, 0.5) is 0 Å². The van der Waals surface area contributed by atoms with Gasteiger partial charge in [-0.2, -0.15) is 0 Å². The quantitative estimate of drug-likeness (QED) is 0.510. The number of ether oxygens (including phenoxy) is 3. The maximum atomic E-state index is 10.7. The second-order valence-electron chi connectivity index (χ2n) is 3.84. The van der Waals surface area contributed by atoms with Crippen LogP contribution in [0.3, 0.4) is 0 Å². The van der Waals surface area contributed by atoms with Crippen LogP contribution in [0, 0.1) is 0 Å². The van der Waals surface area contributed by atoms with Gasteiger partial charge in [0, 0.05) is 6.61 Å². The summed E-state index contributed by atoms with van der Waals surface area (Å²) < 4.78 is 15.6. The predicted octanol–water partition coefficient (Wildman–Crippen LogP) is 1.40. The van der Waals surface area contributed by atoms with Gasteiger partial charge in [0.15, 0.2) is 0 Å². The molecule has 0 saturated carbocycles. The molecule has 0 spiro atoms. The van der Waals surface area contributed by atoms with Crippen LogP contribution in [0.25, 0.3) is 0 Å². The Kier molecular flexibility index (Phi) is 3.61. The number of hydrogen-bond acceptors (Lipinski definition) is 4. The number of hydrogen-bond donors (Lipinski definition) is 0. The van der Waals surface area contributed by atoms with Crippen LogP contribution < -0.4 is 0 Å². The first kappa shape index (κ1) is 10.5. The Bertz CT molecular complexity index is 253. The molecule has 0 aromatic heterocycles. The molecular formula is C11H16O4. The molecule has 1 atom stereocenters. The van der Waals surface area contributed by atoms with E-state index in [-0.39, 0.29) is 5.97 Å². The van der Waals surface area contributed by atoms with Crippen LogP contribution in [0.5, 0.6) is 0 Å². The third-order valence-corrected chi connectivity index (χ3v) is 2.62. The lowest BCUT2D eigenvalue weighted by Crippen LogP contribution is -2.06. The van der Waals surface area contributed by atoms with E-state index in [1.165, 1.54) is 18.9 Å². The van der Waals surface area contributed by atoms with Gasteiger partial charge in [0.1, 0.15) is 12.4 Å². The summed E-state index contributed by atoms with van der Waals surface area (Å²) in [6.45, 7) is 1.83. The molecule has 0 N–H and O–H groups in total. The Morgan fingerprint density at radius 1 is 1.53 bits per heavy atom. The van der Waals surface area contributed by atoms with Crippen molar-refractivity contribution < 1.29 is 19.0 Å². The molecule has 4 nitrogen and oxygen atoms in total. The standard InChI is InChI=1S/C11H16O4/c12-11-7-10(8-15-11)14-6-2-4-9-3-1-5-13-9/h7,9H,1-6,8H2. The van der Waals surface area contributed by atoms with Crippen molar-refractivity contribution >= 4 is 5.97 Å². The normalized spacial score (nSPS) is 25.2. The Labute approximate surface area is 89.2 Å². The van der Waals surface area contributed by atoms with Crippen LogP contribution in [-0.4, -0.2) is 31.9 Å².